The van der Waals surface area contributed by atoms with Crippen LogP contribution in [0, 0.1) is 0 Å². The lowest BCUT2D eigenvalue weighted by Gasteiger charge is -2.03. The minimum Gasteiger partial charge on any atom is -0.396 e. The van der Waals surface area contributed by atoms with Crippen LogP contribution in [0.2, 0.25) is 0 Å². The van der Waals surface area contributed by atoms with E-state index >= 15 is 0 Å². The quantitative estimate of drug-likeness (QED) is 0.401. The molecular weight excluding hydrogens is 260 g/mol. The molecule has 0 unspecified atom stereocenters. The molecule has 3 N–H and O–H groups in total. The van der Waals surface area contributed by atoms with Crippen molar-refractivity contribution in [2.24, 2.45) is 0 Å². The van der Waals surface area contributed by atoms with Gasteiger partial charge in [-0.05, 0) is 0 Å². The van der Waals surface area contributed by atoms with Gasteiger partial charge >= 0.3 is 0 Å². The maximum atomic E-state index is 8.83. The molecule has 8 heteroatoms. The van der Waals surface area contributed by atoms with Crippen LogP contribution >= 0.6 is 23.5 Å². The molecule has 2 heterocycles. The zero-order valence-corrected chi connectivity index (χ0v) is 10.6. The van der Waals surface area contributed by atoms with Gasteiger partial charge in [0, 0.05) is 11.5 Å². The van der Waals surface area contributed by atoms with Gasteiger partial charge in [0.05, 0.1) is 19.5 Å². The molecule has 17 heavy (non-hydrogen) atoms. The van der Waals surface area contributed by atoms with Gasteiger partial charge in [0.15, 0.2) is 10.8 Å². The molecule has 2 rings (SSSR count). The fraction of sp³-hybridized carbons (Fsp3) is 0.444. The van der Waals surface area contributed by atoms with Crippen LogP contribution in [0.3, 0.4) is 0 Å². The van der Waals surface area contributed by atoms with Crippen LogP contribution in [0.5, 0.6) is 0 Å². The molecule has 0 aromatic carbocycles. The molecule has 0 atom stereocenters. The Kier molecular flexibility index (Phi) is 4.60. The number of aromatic amines is 1. The lowest BCUT2D eigenvalue weighted by atomic mass is 10.6. The highest BCUT2D eigenvalue weighted by Crippen LogP contribution is 2.25. The van der Waals surface area contributed by atoms with Crippen molar-refractivity contribution in [2.45, 2.75) is 10.2 Å². The number of hydrogen-bond acceptors (Lipinski definition) is 7. The monoisotopic (exact) mass is 272 g/mol. The maximum absolute atomic E-state index is 8.83. The van der Waals surface area contributed by atoms with Crippen molar-refractivity contribution in [3.8, 4) is 0 Å². The molecule has 0 spiro atoms. The molecule has 0 amide bonds. The Morgan fingerprint density at radius 3 is 2.65 bits per heavy atom. The fourth-order valence-corrected chi connectivity index (χ4v) is 2.60. The number of aliphatic hydroxyl groups excluding tert-OH is 2. The zero-order chi connectivity index (χ0) is 12.1. The predicted octanol–water partition coefficient (Wildman–Crippen LogP) is 0.522. The van der Waals surface area contributed by atoms with E-state index in [9.17, 15) is 0 Å². The van der Waals surface area contributed by atoms with Gasteiger partial charge in [-0.3, -0.25) is 0 Å². The van der Waals surface area contributed by atoms with Gasteiger partial charge in [0.1, 0.15) is 10.5 Å². The molecule has 0 saturated heterocycles. The first-order valence-electron chi connectivity index (χ1n) is 5.03. The summed E-state index contributed by atoms with van der Waals surface area (Å²) in [5, 5.41) is 19.0. The first-order chi connectivity index (χ1) is 8.35. The molecular formula is C9H12N4O2S2. The number of H-pyrrole nitrogens is 1. The van der Waals surface area contributed by atoms with Crippen molar-refractivity contribution in [3.05, 3.63) is 6.33 Å². The second-order valence-electron chi connectivity index (χ2n) is 3.06. The van der Waals surface area contributed by atoms with Crippen molar-refractivity contribution >= 4 is 34.7 Å². The van der Waals surface area contributed by atoms with Crippen LogP contribution in [0.4, 0.5) is 0 Å². The Morgan fingerprint density at radius 1 is 1.12 bits per heavy atom. The molecule has 0 aliphatic carbocycles. The smallest absolute Gasteiger partial charge is 0.190 e. The third kappa shape index (κ3) is 3.09. The van der Waals surface area contributed by atoms with Crippen molar-refractivity contribution in [1.82, 2.24) is 19.9 Å². The van der Waals surface area contributed by atoms with Gasteiger partial charge in [-0.25, -0.2) is 15.0 Å². The van der Waals surface area contributed by atoms with Crippen LogP contribution in [-0.2, 0) is 0 Å². The number of thioether (sulfide) groups is 2. The highest BCUT2D eigenvalue weighted by Gasteiger charge is 2.10. The topological polar surface area (TPSA) is 94.9 Å². The number of nitrogens with zero attached hydrogens (tertiary/aromatic N) is 3. The summed E-state index contributed by atoms with van der Waals surface area (Å²) in [6, 6.07) is 0. The van der Waals surface area contributed by atoms with Crippen LogP contribution in [-0.4, -0.2) is 54.9 Å². The molecule has 2 aromatic rings. The van der Waals surface area contributed by atoms with E-state index in [2.05, 4.69) is 19.9 Å². The van der Waals surface area contributed by atoms with Crippen molar-refractivity contribution < 1.29 is 10.2 Å². The van der Waals surface area contributed by atoms with Crippen LogP contribution in [0.1, 0.15) is 0 Å². The van der Waals surface area contributed by atoms with Gasteiger partial charge < -0.3 is 15.2 Å². The highest BCUT2D eigenvalue weighted by atomic mass is 32.2. The molecule has 0 aliphatic heterocycles. The summed E-state index contributed by atoms with van der Waals surface area (Å²) in [6.07, 6.45) is 1.57. The molecule has 0 bridgehead atoms. The van der Waals surface area contributed by atoms with E-state index in [4.69, 9.17) is 10.2 Å². The Labute approximate surface area is 106 Å². The third-order valence-electron chi connectivity index (χ3n) is 1.88. The van der Waals surface area contributed by atoms with Crippen LogP contribution in [0.15, 0.2) is 16.5 Å². The minimum atomic E-state index is 0.0890. The predicted molar refractivity (Wildman–Crippen MR) is 67.3 cm³/mol. The maximum Gasteiger partial charge on any atom is 0.190 e. The Morgan fingerprint density at radius 2 is 1.88 bits per heavy atom. The van der Waals surface area contributed by atoms with E-state index in [0.29, 0.717) is 22.3 Å². The van der Waals surface area contributed by atoms with E-state index in [1.54, 1.807) is 6.33 Å². The summed E-state index contributed by atoms with van der Waals surface area (Å²) < 4.78 is 0. The lowest BCUT2D eigenvalue weighted by Crippen LogP contribution is -1.96. The van der Waals surface area contributed by atoms with Gasteiger partial charge in [-0.1, -0.05) is 11.8 Å². The highest BCUT2D eigenvalue weighted by molar-refractivity contribution is 8.00. The van der Waals surface area contributed by atoms with Crippen molar-refractivity contribution in [1.29, 1.82) is 0 Å². The summed E-state index contributed by atoms with van der Waals surface area (Å²) >= 11 is 2.84. The van der Waals surface area contributed by atoms with E-state index < -0.39 is 0 Å². The molecule has 0 radical (unpaired) electrons. The number of hydrogen-bond donors (Lipinski definition) is 3. The number of rotatable bonds is 6. The molecule has 0 saturated carbocycles. The van der Waals surface area contributed by atoms with Gasteiger partial charge in [-0.2, -0.15) is 0 Å². The van der Waals surface area contributed by atoms with Crippen LogP contribution in [0.25, 0.3) is 11.2 Å². The number of nitrogens with one attached hydrogen (secondary N) is 1. The molecule has 0 aliphatic rings. The number of fused-ring (bicyclic) bond motifs is 1. The Balaban J connectivity index is 2.29. The van der Waals surface area contributed by atoms with E-state index in [0.717, 1.165) is 10.5 Å². The lowest BCUT2D eigenvalue weighted by molar-refractivity contribution is 0.322. The van der Waals surface area contributed by atoms with E-state index in [1.807, 2.05) is 0 Å². The number of imidazole rings is 1. The average Bonchev–Trinajstić information content (AvgIpc) is 2.81. The van der Waals surface area contributed by atoms with E-state index in [1.165, 1.54) is 23.5 Å². The zero-order valence-electron chi connectivity index (χ0n) is 8.96. The molecule has 6 nitrogen and oxygen atoms in total. The summed E-state index contributed by atoms with van der Waals surface area (Å²) in [6.45, 7) is 0.190. The first kappa shape index (κ1) is 12.6. The average molecular weight is 272 g/mol. The second kappa shape index (κ2) is 6.20. The Hall–Kier alpha value is -0.830. The van der Waals surface area contributed by atoms with Crippen molar-refractivity contribution in [2.75, 3.05) is 24.7 Å². The number of aliphatic hydroxyl groups is 2. The summed E-state index contributed by atoms with van der Waals surface area (Å²) in [7, 11) is 0. The van der Waals surface area contributed by atoms with Gasteiger partial charge in [0.2, 0.25) is 0 Å². The summed E-state index contributed by atoms with van der Waals surface area (Å²) in [5.41, 5.74) is 1.40. The van der Waals surface area contributed by atoms with E-state index in [-0.39, 0.29) is 13.2 Å². The van der Waals surface area contributed by atoms with Crippen LogP contribution < -0.4 is 0 Å². The minimum absolute atomic E-state index is 0.0890. The third-order valence-corrected chi connectivity index (χ3v) is 3.67. The molecule has 2 aromatic heterocycles. The van der Waals surface area contributed by atoms with Crippen molar-refractivity contribution in [3.63, 3.8) is 0 Å². The number of aromatic nitrogens is 4. The fourth-order valence-electron chi connectivity index (χ4n) is 1.24. The summed E-state index contributed by atoms with van der Waals surface area (Å²) in [4.78, 5) is 15.7. The molecule has 92 valence electrons. The SMILES string of the molecule is OCCSc1nc(SCCO)c2[nH]cnc2n1. The van der Waals surface area contributed by atoms with Gasteiger partial charge in [-0.15, -0.1) is 11.8 Å². The standard InChI is InChI=1S/C9H12N4O2S2/c14-1-3-16-8-6-7(11-5-10-6)12-9(13-8)17-4-2-15/h5,14-15H,1-4H2,(H,10,11,12,13). The largest absolute Gasteiger partial charge is 0.396 e. The normalized spacial score (nSPS) is 11.2. The summed E-state index contributed by atoms with van der Waals surface area (Å²) in [5.74, 6) is 1.13. The first-order valence-corrected chi connectivity index (χ1v) is 7.00. The molecule has 0 fully saturated rings. The second-order valence-corrected chi connectivity index (χ2v) is 5.20. The Bertz CT molecular complexity index is 491. The van der Waals surface area contributed by atoms with Gasteiger partial charge in [0.25, 0.3) is 0 Å².